The van der Waals surface area contributed by atoms with Crippen LogP contribution in [0.5, 0.6) is 5.75 Å². The molecule has 4 rings (SSSR count). The lowest BCUT2D eigenvalue weighted by Crippen LogP contribution is -2.46. The van der Waals surface area contributed by atoms with Crippen LogP contribution in [0.2, 0.25) is 0 Å². The molecule has 1 N–H and O–H groups in total. The van der Waals surface area contributed by atoms with E-state index in [9.17, 15) is 35.6 Å². The Labute approximate surface area is 221 Å². The van der Waals surface area contributed by atoms with Crippen LogP contribution in [0.4, 0.5) is 28.0 Å². The Kier molecular flexibility index (Phi) is 7.55. The molecule has 8 nitrogen and oxygen atoms in total. The van der Waals surface area contributed by atoms with Crippen molar-refractivity contribution < 1.29 is 39.8 Å². The number of rotatable bonds is 7. The van der Waals surface area contributed by atoms with Gasteiger partial charge in [-0.05, 0) is 36.8 Å². The standard InChI is InChI=1S/C26H23F4N3O5S/c1-14-17-8-7-15(25(34)31-12-18-21(29)10-16(27)11-22(18)30)9-23(17)33(26(35)32(14)2)13-19-20(28)5-4-6-24(19)38-39(3,36)37/h4-11,14H,12-13H2,1-3H3,(H,31,34). The number of fused-ring (bicyclic) bond motifs is 1. The highest BCUT2D eigenvalue weighted by Gasteiger charge is 2.35. The smallest absolute Gasteiger partial charge is 0.325 e. The van der Waals surface area contributed by atoms with Crippen LogP contribution < -0.4 is 14.4 Å². The predicted molar refractivity (Wildman–Crippen MR) is 134 cm³/mol. The minimum Gasteiger partial charge on any atom is -0.382 e. The van der Waals surface area contributed by atoms with Crippen molar-refractivity contribution in [3.8, 4) is 5.75 Å². The molecule has 0 radical (unpaired) electrons. The van der Waals surface area contributed by atoms with Gasteiger partial charge in [0.2, 0.25) is 0 Å². The maximum atomic E-state index is 14.8. The summed E-state index contributed by atoms with van der Waals surface area (Å²) in [6.07, 6.45) is 0.799. The minimum absolute atomic E-state index is 0.0207. The van der Waals surface area contributed by atoms with Crippen LogP contribution in [0.25, 0.3) is 0 Å². The van der Waals surface area contributed by atoms with E-state index in [0.29, 0.717) is 17.7 Å². The molecule has 1 aliphatic heterocycles. The second kappa shape index (κ2) is 10.6. The maximum absolute atomic E-state index is 14.8. The molecule has 0 spiro atoms. The summed E-state index contributed by atoms with van der Waals surface area (Å²) in [5, 5.41) is 2.36. The lowest BCUT2D eigenvalue weighted by molar-refractivity contribution is 0.0950. The van der Waals surface area contributed by atoms with E-state index >= 15 is 0 Å². The van der Waals surface area contributed by atoms with Crippen LogP contribution >= 0.6 is 0 Å². The minimum atomic E-state index is -4.01. The molecule has 3 aromatic carbocycles. The zero-order valence-corrected chi connectivity index (χ0v) is 21.8. The number of hydrogen-bond acceptors (Lipinski definition) is 5. The molecule has 13 heteroatoms. The molecule has 1 aliphatic rings. The Morgan fingerprint density at radius 3 is 2.31 bits per heavy atom. The van der Waals surface area contributed by atoms with Gasteiger partial charge in [-0.15, -0.1) is 0 Å². The molecule has 0 saturated carbocycles. The van der Waals surface area contributed by atoms with Crippen molar-refractivity contribution in [2.24, 2.45) is 0 Å². The fourth-order valence-corrected chi connectivity index (χ4v) is 4.68. The number of nitrogens with zero attached hydrogens (tertiary/aromatic N) is 2. The zero-order chi connectivity index (χ0) is 28.6. The Morgan fingerprint density at radius 2 is 1.67 bits per heavy atom. The fourth-order valence-electron chi connectivity index (χ4n) is 4.20. The molecule has 0 bridgehead atoms. The van der Waals surface area contributed by atoms with Gasteiger partial charge in [-0.25, -0.2) is 22.4 Å². The second-order valence-electron chi connectivity index (χ2n) is 8.96. The summed E-state index contributed by atoms with van der Waals surface area (Å²) in [7, 11) is -2.48. The second-order valence-corrected chi connectivity index (χ2v) is 10.5. The number of carbonyl (C=O) groups excluding carboxylic acids is 2. The molecule has 0 aliphatic carbocycles. The lowest BCUT2D eigenvalue weighted by atomic mass is 9.98. The highest BCUT2D eigenvalue weighted by atomic mass is 32.2. The van der Waals surface area contributed by atoms with Crippen molar-refractivity contribution in [1.29, 1.82) is 0 Å². The van der Waals surface area contributed by atoms with Gasteiger partial charge < -0.3 is 14.4 Å². The summed E-state index contributed by atoms with van der Waals surface area (Å²) < 4.78 is 84.3. The Bertz CT molecular complexity index is 1560. The van der Waals surface area contributed by atoms with Crippen LogP contribution in [0.1, 0.15) is 40.0 Å². The third-order valence-electron chi connectivity index (χ3n) is 6.31. The number of amides is 3. The van der Waals surface area contributed by atoms with Crippen molar-refractivity contribution in [3.05, 3.63) is 94.1 Å². The van der Waals surface area contributed by atoms with Gasteiger partial charge in [0.25, 0.3) is 5.91 Å². The zero-order valence-electron chi connectivity index (χ0n) is 21.0. The maximum Gasteiger partial charge on any atom is 0.325 e. The number of hydrogen-bond donors (Lipinski definition) is 1. The highest BCUT2D eigenvalue weighted by Crippen LogP contribution is 2.38. The Hall–Kier alpha value is -4.13. The lowest BCUT2D eigenvalue weighted by Gasteiger charge is -2.39. The number of nitrogens with one attached hydrogen (secondary N) is 1. The summed E-state index contributed by atoms with van der Waals surface area (Å²) in [6, 6.07) is 7.99. The number of carbonyl (C=O) groups is 2. The number of halogens is 4. The van der Waals surface area contributed by atoms with Gasteiger partial charge in [-0.1, -0.05) is 12.1 Å². The molecular weight excluding hydrogens is 542 g/mol. The van der Waals surface area contributed by atoms with Gasteiger partial charge >= 0.3 is 16.1 Å². The Morgan fingerprint density at radius 1 is 1.00 bits per heavy atom. The summed E-state index contributed by atoms with van der Waals surface area (Å²) >= 11 is 0. The molecule has 0 aromatic heterocycles. The van der Waals surface area contributed by atoms with Gasteiger partial charge in [0.15, 0.2) is 5.75 Å². The van der Waals surface area contributed by atoms with Gasteiger partial charge in [-0.2, -0.15) is 8.42 Å². The topological polar surface area (TPSA) is 96.0 Å². The molecule has 0 saturated heterocycles. The van der Waals surface area contributed by atoms with Crippen molar-refractivity contribution >= 4 is 27.7 Å². The largest absolute Gasteiger partial charge is 0.382 e. The van der Waals surface area contributed by atoms with Gasteiger partial charge in [0.05, 0.1) is 30.1 Å². The molecule has 206 valence electrons. The van der Waals surface area contributed by atoms with Crippen LogP contribution in [0, 0.1) is 23.3 Å². The first kappa shape index (κ1) is 27.9. The van der Waals surface area contributed by atoms with Crippen LogP contribution in [-0.2, 0) is 23.2 Å². The first-order valence-electron chi connectivity index (χ1n) is 11.5. The molecule has 1 unspecified atom stereocenters. The van der Waals surface area contributed by atoms with Crippen LogP contribution in [0.15, 0.2) is 48.5 Å². The van der Waals surface area contributed by atoms with Crippen molar-refractivity contribution in [3.63, 3.8) is 0 Å². The first-order chi connectivity index (χ1) is 18.3. The van der Waals surface area contributed by atoms with E-state index < -0.39 is 70.0 Å². The van der Waals surface area contributed by atoms with Gasteiger partial charge in [0, 0.05) is 36.9 Å². The van der Waals surface area contributed by atoms with Crippen molar-refractivity contribution in [2.45, 2.75) is 26.1 Å². The fraction of sp³-hybridized carbons (Fsp3) is 0.231. The first-order valence-corrected chi connectivity index (χ1v) is 13.3. The molecule has 3 amide bonds. The summed E-state index contributed by atoms with van der Waals surface area (Å²) in [6.45, 7) is 0.740. The van der Waals surface area contributed by atoms with Crippen LogP contribution in [0.3, 0.4) is 0 Å². The molecule has 1 heterocycles. The SMILES string of the molecule is CC1c2ccc(C(=O)NCc3c(F)cc(F)cc3F)cc2N(Cc2c(F)cccc2OS(C)(=O)=O)C(=O)N1C. The summed E-state index contributed by atoms with van der Waals surface area (Å²) in [5.41, 5.74) is 0.125. The number of benzene rings is 3. The van der Waals surface area contributed by atoms with E-state index in [2.05, 4.69) is 5.32 Å². The third-order valence-corrected chi connectivity index (χ3v) is 6.79. The van der Waals surface area contributed by atoms with E-state index in [-0.39, 0.29) is 22.6 Å². The van der Waals surface area contributed by atoms with E-state index in [1.807, 2.05) is 0 Å². The van der Waals surface area contributed by atoms with E-state index in [1.54, 1.807) is 13.0 Å². The molecule has 3 aromatic rings. The number of anilines is 1. The molecular formula is C26H23F4N3O5S. The third kappa shape index (κ3) is 5.82. The number of urea groups is 1. The van der Waals surface area contributed by atoms with E-state index in [4.69, 9.17) is 4.18 Å². The van der Waals surface area contributed by atoms with Crippen molar-refractivity contribution in [1.82, 2.24) is 10.2 Å². The Balaban J connectivity index is 1.68. The normalized spacial score (nSPS) is 15.3. The predicted octanol–water partition coefficient (Wildman–Crippen LogP) is 4.64. The van der Waals surface area contributed by atoms with Crippen molar-refractivity contribution in [2.75, 3.05) is 18.2 Å². The van der Waals surface area contributed by atoms with E-state index in [0.717, 1.165) is 12.3 Å². The highest BCUT2D eigenvalue weighted by molar-refractivity contribution is 7.86. The molecule has 39 heavy (non-hydrogen) atoms. The summed E-state index contributed by atoms with van der Waals surface area (Å²) in [4.78, 5) is 28.7. The van der Waals surface area contributed by atoms with Gasteiger partial charge in [0.1, 0.15) is 23.3 Å². The monoisotopic (exact) mass is 565 g/mol. The quantitative estimate of drug-likeness (QED) is 0.333. The summed E-state index contributed by atoms with van der Waals surface area (Å²) in [5.74, 6) is -5.28. The van der Waals surface area contributed by atoms with E-state index in [1.165, 1.54) is 41.1 Å². The van der Waals surface area contributed by atoms with Crippen LogP contribution in [-0.4, -0.2) is 38.6 Å². The average Bonchev–Trinajstić information content (AvgIpc) is 2.84. The molecule has 0 fully saturated rings. The van der Waals surface area contributed by atoms with Gasteiger partial charge in [-0.3, -0.25) is 9.69 Å². The average molecular weight is 566 g/mol. The molecule has 1 atom stereocenters.